The Morgan fingerprint density at radius 3 is 2.85 bits per heavy atom. The summed E-state index contributed by atoms with van der Waals surface area (Å²) < 4.78 is 1.65. The Morgan fingerprint density at radius 2 is 2.25 bits per heavy atom. The minimum atomic E-state index is -0.930. The van der Waals surface area contributed by atoms with Gasteiger partial charge in [0.2, 0.25) is 5.91 Å². The molecule has 1 N–H and O–H groups in total. The number of amides is 1. The van der Waals surface area contributed by atoms with Crippen LogP contribution in [0.25, 0.3) is 0 Å². The van der Waals surface area contributed by atoms with Crippen LogP contribution in [0.1, 0.15) is 31.4 Å². The fraction of sp³-hybridized carbons (Fsp3) is 0.615. The molecule has 0 bridgehead atoms. The van der Waals surface area contributed by atoms with E-state index in [0.717, 1.165) is 23.5 Å². The third-order valence-corrected chi connectivity index (χ3v) is 4.49. The van der Waals surface area contributed by atoms with Crippen LogP contribution in [0, 0.1) is 6.92 Å². The number of thiazole rings is 1. The molecule has 0 aromatic carbocycles. The van der Waals surface area contributed by atoms with Crippen molar-refractivity contribution in [3.63, 3.8) is 0 Å². The minimum Gasteiger partial charge on any atom is -0.480 e. The van der Waals surface area contributed by atoms with Gasteiger partial charge in [0.05, 0.1) is 0 Å². The van der Waals surface area contributed by atoms with Crippen molar-refractivity contribution in [2.24, 2.45) is 0 Å². The summed E-state index contributed by atoms with van der Waals surface area (Å²) >= 11 is 1.15. The topological polar surface area (TPSA) is 79.6 Å². The number of aryl methyl sites for hydroxylation is 1. The molecule has 1 saturated heterocycles. The van der Waals surface area contributed by atoms with Gasteiger partial charge in [0, 0.05) is 30.6 Å². The third kappa shape index (κ3) is 3.09. The predicted molar refractivity (Wildman–Crippen MR) is 74.9 cm³/mol. The van der Waals surface area contributed by atoms with Crippen LogP contribution in [0.2, 0.25) is 0 Å². The van der Waals surface area contributed by atoms with Crippen LogP contribution in [-0.2, 0) is 16.1 Å². The summed E-state index contributed by atoms with van der Waals surface area (Å²) in [5.41, 5.74) is 0.900. The van der Waals surface area contributed by atoms with Crippen molar-refractivity contribution in [2.75, 3.05) is 6.54 Å². The van der Waals surface area contributed by atoms with Gasteiger partial charge in [-0.15, -0.1) is 0 Å². The Balaban J connectivity index is 1.87. The van der Waals surface area contributed by atoms with E-state index in [1.807, 2.05) is 6.92 Å². The summed E-state index contributed by atoms with van der Waals surface area (Å²) in [7, 11) is 0. The summed E-state index contributed by atoms with van der Waals surface area (Å²) in [5, 5.41) is 10.8. The van der Waals surface area contributed by atoms with E-state index in [2.05, 4.69) is 0 Å². The molecule has 1 unspecified atom stereocenters. The molecule has 7 heteroatoms. The molecule has 1 aliphatic rings. The molecule has 1 aromatic heterocycles. The molecule has 6 nitrogen and oxygen atoms in total. The number of aliphatic carboxylic acids is 1. The largest absolute Gasteiger partial charge is 0.480 e. The van der Waals surface area contributed by atoms with Crippen molar-refractivity contribution in [1.29, 1.82) is 0 Å². The van der Waals surface area contributed by atoms with Gasteiger partial charge in [0.1, 0.15) is 6.04 Å². The number of aromatic nitrogens is 1. The molecular weight excluding hydrogens is 280 g/mol. The maximum atomic E-state index is 12.0. The van der Waals surface area contributed by atoms with E-state index in [4.69, 9.17) is 5.11 Å². The minimum absolute atomic E-state index is 0.0143. The highest BCUT2D eigenvalue weighted by Crippen LogP contribution is 2.19. The van der Waals surface area contributed by atoms with Crippen LogP contribution in [0.5, 0.6) is 0 Å². The lowest BCUT2D eigenvalue weighted by Crippen LogP contribution is -2.40. The number of likely N-dealkylation sites (tertiary alicyclic amines) is 1. The Hall–Kier alpha value is -1.63. The van der Waals surface area contributed by atoms with Gasteiger partial charge < -0.3 is 14.6 Å². The Bertz CT molecular complexity index is 563. The standard InChI is InChI=1S/C13H18N2O4S/c1-9-8-20-13(19)14(9)6-3-5-11(16)15-7-2-4-10(15)12(17)18/h8,10H,2-7H2,1H3,(H,17,18). The van der Waals surface area contributed by atoms with Crippen molar-refractivity contribution in [3.8, 4) is 0 Å². The van der Waals surface area contributed by atoms with E-state index in [0.29, 0.717) is 25.9 Å². The first-order valence-corrected chi connectivity index (χ1v) is 7.56. The molecule has 0 aliphatic carbocycles. The first kappa shape index (κ1) is 14.8. The second-order valence-corrected chi connectivity index (χ2v) is 5.80. The summed E-state index contributed by atoms with van der Waals surface area (Å²) in [6.07, 6.45) is 2.11. The Kier molecular flexibility index (Phi) is 4.59. The number of carbonyl (C=O) groups is 2. The monoisotopic (exact) mass is 298 g/mol. The van der Waals surface area contributed by atoms with Crippen LogP contribution in [0.3, 0.4) is 0 Å². The van der Waals surface area contributed by atoms with Gasteiger partial charge >= 0.3 is 10.8 Å². The number of rotatable bonds is 5. The second kappa shape index (κ2) is 6.21. The zero-order valence-corrected chi connectivity index (χ0v) is 12.2. The van der Waals surface area contributed by atoms with Gasteiger partial charge in [-0.2, -0.15) is 0 Å². The fourth-order valence-corrected chi connectivity index (χ4v) is 3.29. The number of carbonyl (C=O) groups excluding carboxylic acids is 1. The highest BCUT2D eigenvalue weighted by Gasteiger charge is 2.33. The molecule has 0 radical (unpaired) electrons. The number of nitrogens with zero attached hydrogens (tertiary/aromatic N) is 2. The molecule has 1 aliphatic heterocycles. The number of carboxylic acid groups (broad SMARTS) is 1. The molecule has 20 heavy (non-hydrogen) atoms. The molecule has 2 heterocycles. The third-order valence-electron chi connectivity index (χ3n) is 3.61. The van der Waals surface area contributed by atoms with Gasteiger partial charge in [-0.25, -0.2) is 4.79 Å². The lowest BCUT2D eigenvalue weighted by molar-refractivity contribution is -0.148. The average Bonchev–Trinajstić information content (AvgIpc) is 2.99. The lowest BCUT2D eigenvalue weighted by Gasteiger charge is -2.21. The summed E-state index contributed by atoms with van der Waals surface area (Å²) in [6.45, 7) is 2.89. The highest BCUT2D eigenvalue weighted by atomic mass is 32.1. The first-order chi connectivity index (χ1) is 9.50. The second-order valence-electron chi connectivity index (χ2n) is 4.98. The molecule has 2 rings (SSSR count). The van der Waals surface area contributed by atoms with E-state index in [1.54, 1.807) is 9.95 Å². The summed E-state index contributed by atoms with van der Waals surface area (Å²) in [5.74, 6) is -1.06. The predicted octanol–water partition coefficient (Wildman–Crippen LogP) is 1.07. The Labute approximate surface area is 120 Å². The van der Waals surface area contributed by atoms with Crippen molar-refractivity contribution in [2.45, 2.75) is 45.2 Å². The van der Waals surface area contributed by atoms with Gasteiger partial charge in [-0.3, -0.25) is 9.59 Å². The van der Waals surface area contributed by atoms with E-state index in [9.17, 15) is 14.4 Å². The zero-order chi connectivity index (χ0) is 14.7. The summed E-state index contributed by atoms with van der Waals surface area (Å²) in [4.78, 5) is 36.0. The zero-order valence-electron chi connectivity index (χ0n) is 11.4. The van der Waals surface area contributed by atoms with Crippen molar-refractivity contribution >= 4 is 23.2 Å². The molecule has 0 spiro atoms. The van der Waals surface area contributed by atoms with Gasteiger partial charge in [0.15, 0.2) is 0 Å². The van der Waals surface area contributed by atoms with Crippen LogP contribution in [0.15, 0.2) is 10.2 Å². The van der Waals surface area contributed by atoms with E-state index >= 15 is 0 Å². The number of hydrogen-bond acceptors (Lipinski definition) is 4. The van der Waals surface area contributed by atoms with Crippen molar-refractivity contribution < 1.29 is 14.7 Å². The van der Waals surface area contributed by atoms with E-state index < -0.39 is 12.0 Å². The van der Waals surface area contributed by atoms with E-state index in [1.165, 1.54) is 4.90 Å². The van der Waals surface area contributed by atoms with Gasteiger partial charge in [-0.1, -0.05) is 11.3 Å². The van der Waals surface area contributed by atoms with Crippen LogP contribution in [-0.4, -0.2) is 39.0 Å². The highest BCUT2D eigenvalue weighted by molar-refractivity contribution is 7.07. The molecule has 1 aromatic rings. The lowest BCUT2D eigenvalue weighted by atomic mass is 10.2. The van der Waals surface area contributed by atoms with Crippen LogP contribution >= 0.6 is 11.3 Å². The molecular formula is C13H18N2O4S. The van der Waals surface area contributed by atoms with Gasteiger partial charge in [0.25, 0.3) is 0 Å². The maximum absolute atomic E-state index is 12.0. The number of carboxylic acids is 1. The van der Waals surface area contributed by atoms with Crippen molar-refractivity contribution in [1.82, 2.24) is 9.47 Å². The molecule has 1 amide bonds. The van der Waals surface area contributed by atoms with Crippen LogP contribution in [0.4, 0.5) is 0 Å². The number of hydrogen-bond donors (Lipinski definition) is 1. The first-order valence-electron chi connectivity index (χ1n) is 6.68. The SMILES string of the molecule is Cc1csc(=O)n1CCCC(=O)N1CCCC1C(=O)O. The fourth-order valence-electron chi connectivity index (χ4n) is 2.53. The smallest absolute Gasteiger partial charge is 0.326 e. The molecule has 1 fully saturated rings. The maximum Gasteiger partial charge on any atom is 0.326 e. The summed E-state index contributed by atoms with van der Waals surface area (Å²) in [6, 6.07) is -0.673. The van der Waals surface area contributed by atoms with Gasteiger partial charge in [-0.05, 0) is 26.2 Å². The van der Waals surface area contributed by atoms with Crippen molar-refractivity contribution in [3.05, 3.63) is 20.7 Å². The quantitative estimate of drug-likeness (QED) is 0.882. The Morgan fingerprint density at radius 1 is 1.50 bits per heavy atom. The molecule has 1 atom stereocenters. The van der Waals surface area contributed by atoms with Crippen LogP contribution < -0.4 is 4.87 Å². The normalized spacial score (nSPS) is 18.4. The molecule has 110 valence electrons. The average molecular weight is 298 g/mol. The molecule has 0 saturated carbocycles. The van der Waals surface area contributed by atoms with E-state index in [-0.39, 0.29) is 17.2 Å².